The van der Waals surface area contributed by atoms with Crippen molar-refractivity contribution in [3.05, 3.63) is 24.3 Å². The SMILES string of the molecule is CC(CCCCCCCC/C=C\CCCCCCCC(N)=O)CCCCCCCC/C=C\CCCCCCCC(N)=O. The first-order valence-electron chi connectivity index (χ1n) is 18.4. The molecule has 0 aromatic carbocycles. The predicted molar refractivity (Wildman–Crippen MR) is 184 cm³/mol. The van der Waals surface area contributed by atoms with E-state index >= 15 is 0 Å². The molecule has 0 aliphatic carbocycles. The van der Waals surface area contributed by atoms with Gasteiger partial charge in [-0.25, -0.2) is 0 Å². The van der Waals surface area contributed by atoms with Crippen LogP contribution in [0.5, 0.6) is 0 Å². The minimum Gasteiger partial charge on any atom is -0.370 e. The number of nitrogens with two attached hydrogens (primary N) is 2. The Bertz CT molecular complexity index is 589. The van der Waals surface area contributed by atoms with Crippen LogP contribution in [0.2, 0.25) is 0 Å². The van der Waals surface area contributed by atoms with Crippen LogP contribution in [0.1, 0.15) is 200 Å². The molecule has 0 aliphatic rings. The molecule has 0 unspecified atom stereocenters. The fourth-order valence-electron chi connectivity index (χ4n) is 5.72. The van der Waals surface area contributed by atoms with Gasteiger partial charge >= 0.3 is 0 Å². The molecular formula is C38H72N2O2. The first-order valence-corrected chi connectivity index (χ1v) is 18.4. The Morgan fingerprint density at radius 2 is 0.643 bits per heavy atom. The van der Waals surface area contributed by atoms with E-state index < -0.39 is 0 Å². The highest BCUT2D eigenvalue weighted by Crippen LogP contribution is 2.19. The summed E-state index contributed by atoms with van der Waals surface area (Å²) in [5.41, 5.74) is 10.3. The Kier molecular flexibility index (Phi) is 32.6. The lowest BCUT2D eigenvalue weighted by Crippen LogP contribution is -2.09. The van der Waals surface area contributed by atoms with E-state index in [2.05, 4.69) is 31.2 Å². The zero-order chi connectivity index (χ0) is 30.8. The van der Waals surface area contributed by atoms with Crippen molar-refractivity contribution in [3.63, 3.8) is 0 Å². The molecule has 4 heteroatoms. The molecule has 0 rings (SSSR count). The number of amides is 2. The molecule has 4 N–H and O–H groups in total. The number of hydrogen-bond acceptors (Lipinski definition) is 2. The topological polar surface area (TPSA) is 86.2 Å². The van der Waals surface area contributed by atoms with Gasteiger partial charge in [0.05, 0.1) is 0 Å². The highest BCUT2D eigenvalue weighted by Gasteiger charge is 2.02. The van der Waals surface area contributed by atoms with Crippen molar-refractivity contribution in [2.45, 2.75) is 200 Å². The molecule has 0 radical (unpaired) electrons. The second-order valence-corrected chi connectivity index (χ2v) is 13.0. The smallest absolute Gasteiger partial charge is 0.217 e. The summed E-state index contributed by atoms with van der Waals surface area (Å²) in [6.07, 6.45) is 46.9. The fourth-order valence-corrected chi connectivity index (χ4v) is 5.72. The molecular weight excluding hydrogens is 516 g/mol. The third-order valence-electron chi connectivity index (χ3n) is 8.56. The van der Waals surface area contributed by atoms with Crippen molar-refractivity contribution in [1.29, 1.82) is 0 Å². The molecule has 2 amide bonds. The van der Waals surface area contributed by atoms with Gasteiger partial charge in [0.2, 0.25) is 11.8 Å². The standard InChI is InChI=1S/C38H72N2O2/c1-36(32-28-24-20-16-12-8-4-2-6-10-14-18-22-26-30-34-37(39)41)33-29-25-21-17-13-9-5-3-7-11-15-19-23-27-31-35-38(40)42/h2-3,6-7,36H,4-5,8-35H2,1H3,(H2,39,41)(H2,40,42)/b6-2-,7-3-. The van der Waals surface area contributed by atoms with Crippen LogP contribution in [0.3, 0.4) is 0 Å². The van der Waals surface area contributed by atoms with Crippen LogP contribution in [-0.2, 0) is 9.59 Å². The van der Waals surface area contributed by atoms with Gasteiger partial charge in [0.25, 0.3) is 0 Å². The first-order chi connectivity index (χ1) is 20.5. The van der Waals surface area contributed by atoms with Gasteiger partial charge in [0.1, 0.15) is 0 Å². The van der Waals surface area contributed by atoms with Crippen molar-refractivity contribution in [2.24, 2.45) is 17.4 Å². The number of carbonyl (C=O) groups is 2. The normalized spacial score (nSPS) is 11.9. The zero-order valence-corrected chi connectivity index (χ0v) is 28.1. The van der Waals surface area contributed by atoms with Gasteiger partial charge in [-0.2, -0.15) is 0 Å². The van der Waals surface area contributed by atoms with E-state index in [0.29, 0.717) is 12.8 Å². The second kappa shape index (κ2) is 33.9. The van der Waals surface area contributed by atoms with Crippen LogP contribution in [-0.4, -0.2) is 11.8 Å². The maximum atomic E-state index is 10.7. The summed E-state index contributed by atoms with van der Waals surface area (Å²) < 4.78 is 0. The lowest BCUT2D eigenvalue weighted by molar-refractivity contribution is -0.119. The minimum atomic E-state index is -0.165. The summed E-state index contributed by atoms with van der Waals surface area (Å²) in [6.45, 7) is 2.47. The van der Waals surface area contributed by atoms with E-state index in [1.165, 1.54) is 154 Å². The molecule has 0 spiro atoms. The van der Waals surface area contributed by atoms with Crippen molar-refractivity contribution >= 4 is 11.8 Å². The summed E-state index contributed by atoms with van der Waals surface area (Å²) in [4.78, 5) is 21.4. The molecule has 0 fully saturated rings. The maximum Gasteiger partial charge on any atom is 0.217 e. The summed E-state index contributed by atoms with van der Waals surface area (Å²) >= 11 is 0. The Morgan fingerprint density at radius 1 is 0.405 bits per heavy atom. The van der Waals surface area contributed by atoms with Gasteiger partial charge in [-0.05, 0) is 70.1 Å². The second-order valence-electron chi connectivity index (χ2n) is 13.0. The maximum absolute atomic E-state index is 10.7. The molecule has 0 heterocycles. The van der Waals surface area contributed by atoms with E-state index in [0.717, 1.165) is 31.6 Å². The van der Waals surface area contributed by atoms with Crippen LogP contribution < -0.4 is 11.5 Å². The van der Waals surface area contributed by atoms with Crippen LogP contribution in [0.15, 0.2) is 24.3 Å². The number of unbranched alkanes of at least 4 members (excludes halogenated alkanes) is 22. The Hall–Kier alpha value is -1.58. The Balaban J connectivity index is 3.25. The van der Waals surface area contributed by atoms with Crippen molar-refractivity contribution in [2.75, 3.05) is 0 Å². The lowest BCUT2D eigenvalue weighted by Gasteiger charge is -2.11. The minimum absolute atomic E-state index is 0.165. The summed E-state index contributed by atoms with van der Waals surface area (Å²) in [5.74, 6) is 0.578. The van der Waals surface area contributed by atoms with E-state index in [9.17, 15) is 9.59 Å². The number of allylic oxidation sites excluding steroid dienone is 4. The fraction of sp³-hybridized carbons (Fsp3) is 0.842. The average molecular weight is 589 g/mol. The number of carbonyl (C=O) groups excluding carboxylic acids is 2. The quantitative estimate of drug-likeness (QED) is 0.0578. The van der Waals surface area contributed by atoms with Gasteiger partial charge in [-0.15, -0.1) is 0 Å². The van der Waals surface area contributed by atoms with E-state index in [-0.39, 0.29) is 11.8 Å². The van der Waals surface area contributed by atoms with E-state index in [1.54, 1.807) is 0 Å². The average Bonchev–Trinajstić information content (AvgIpc) is 2.96. The van der Waals surface area contributed by atoms with Crippen molar-refractivity contribution in [3.8, 4) is 0 Å². The Labute approximate surface area is 262 Å². The first kappa shape index (κ1) is 40.4. The Morgan fingerprint density at radius 3 is 0.929 bits per heavy atom. The molecule has 4 nitrogen and oxygen atoms in total. The molecule has 0 atom stereocenters. The predicted octanol–water partition coefficient (Wildman–Crippen LogP) is 11.4. The van der Waals surface area contributed by atoms with Gasteiger partial charge < -0.3 is 11.5 Å². The molecule has 0 aromatic rings. The molecule has 0 bridgehead atoms. The van der Waals surface area contributed by atoms with E-state index in [4.69, 9.17) is 11.5 Å². The third-order valence-corrected chi connectivity index (χ3v) is 8.56. The number of rotatable bonds is 34. The molecule has 246 valence electrons. The monoisotopic (exact) mass is 589 g/mol. The van der Waals surface area contributed by atoms with Gasteiger partial charge in [0.15, 0.2) is 0 Å². The lowest BCUT2D eigenvalue weighted by atomic mass is 9.96. The third kappa shape index (κ3) is 36.4. The highest BCUT2D eigenvalue weighted by atomic mass is 16.1. The van der Waals surface area contributed by atoms with Crippen molar-refractivity contribution < 1.29 is 9.59 Å². The van der Waals surface area contributed by atoms with Gasteiger partial charge in [0, 0.05) is 12.8 Å². The van der Waals surface area contributed by atoms with E-state index in [1.807, 2.05) is 0 Å². The van der Waals surface area contributed by atoms with Crippen LogP contribution in [0.25, 0.3) is 0 Å². The molecule has 42 heavy (non-hydrogen) atoms. The summed E-state index contributed by atoms with van der Waals surface area (Å²) in [6, 6.07) is 0. The summed E-state index contributed by atoms with van der Waals surface area (Å²) in [7, 11) is 0. The number of hydrogen-bond donors (Lipinski definition) is 2. The van der Waals surface area contributed by atoms with Crippen LogP contribution >= 0.6 is 0 Å². The highest BCUT2D eigenvalue weighted by molar-refractivity contribution is 5.73. The molecule has 0 saturated carbocycles. The molecule has 0 aliphatic heterocycles. The van der Waals surface area contributed by atoms with Gasteiger partial charge in [-0.1, -0.05) is 147 Å². The summed E-state index contributed by atoms with van der Waals surface area (Å²) in [5, 5.41) is 0. The molecule has 0 saturated heterocycles. The largest absolute Gasteiger partial charge is 0.370 e. The van der Waals surface area contributed by atoms with Crippen LogP contribution in [0, 0.1) is 5.92 Å². The van der Waals surface area contributed by atoms with Crippen molar-refractivity contribution in [1.82, 2.24) is 0 Å². The number of primary amides is 2. The molecule has 0 aromatic heterocycles. The van der Waals surface area contributed by atoms with Gasteiger partial charge in [-0.3, -0.25) is 9.59 Å². The van der Waals surface area contributed by atoms with Crippen LogP contribution in [0.4, 0.5) is 0 Å². The zero-order valence-electron chi connectivity index (χ0n) is 28.1.